The summed E-state index contributed by atoms with van der Waals surface area (Å²) in [7, 11) is 0. The Morgan fingerprint density at radius 3 is 2.61 bits per heavy atom. The van der Waals surface area contributed by atoms with E-state index in [1.54, 1.807) is 5.01 Å². The average Bonchev–Trinajstić information content (AvgIpc) is 3.27. The predicted octanol–water partition coefficient (Wildman–Crippen LogP) is 5.56. The van der Waals surface area contributed by atoms with Gasteiger partial charge < -0.3 is 5.32 Å². The number of nitrogens with one attached hydrogen (secondary N) is 1. The third-order valence-electron chi connectivity index (χ3n) is 8.32. The minimum atomic E-state index is -0.0120. The standard InChI is InChI=1S/C24H35N3O/c1-5-6-12-20-19(17-10-8-7-9-11-17)16-27(26-20)22(28)25-21-15-18-13-14-24(21,4)23(18,2)3/h7-11,18-19,21H,5-6,12-16H2,1-4H3,(H,25,28)/t18-,19?,21?,24+/m1/s1. The molecule has 4 heteroatoms. The zero-order valence-electron chi connectivity index (χ0n) is 17.9. The van der Waals surface area contributed by atoms with Gasteiger partial charge in [0, 0.05) is 17.7 Å². The van der Waals surface area contributed by atoms with Gasteiger partial charge in [0.25, 0.3) is 0 Å². The van der Waals surface area contributed by atoms with E-state index in [4.69, 9.17) is 5.10 Å². The van der Waals surface area contributed by atoms with Crippen LogP contribution in [0.15, 0.2) is 35.4 Å². The number of carbonyl (C=O) groups is 1. The van der Waals surface area contributed by atoms with Gasteiger partial charge in [0.1, 0.15) is 0 Å². The van der Waals surface area contributed by atoms with Crippen LogP contribution in [0.2, 0.25) is 0 Å². The second kappa shape index (κ2) is 7.20. The number of urea groups is 1. The summed E-state index contributed by atoms with van der Waals surface area (Å²) in [6.45, 7) is 10.0. The summed E-state index contributed by atoms with van der Waals surface area (Å²) in [6, 6.07) is 10.8. The fourth-order valence-corrected chi connectivity index (χ4v) is 5.88. The van der Waals surface area contributed by atoms with Gasteiger partial charge in [-0.25, -0.2) is 9.80 Å². The lowest BCUT2D eigenvalue weighted by atomic mass is 9.69. The van der Waals surface area contributed by atoms with Crippen LogP contribution in [-0.4, -0.2) is 29.3 Å². The fourth-order valence-electron chi connectivity index (χ4n) is 5.88. The minimum Gasteiger partial charge on any atom is -0.333 e. The molecular weight excluding hydrogens is 346 g/mol. The molecule has 0 radical (unpaired) electrons. The maximum absolute atomic E-state index is 13.1. The summed E-state index contributed by atoms with van der Waals surface area (Å²) in [6.07, 6.45) is 6.85. The lowest BCUT2D eigenvalue weighted by Gasteiger charge is -2.39. The fraction of sp³-hybridized carbons (Fsp3) is 0.667. The first-order valence-corrected chi connectivity index (χ1v) is 11.1. The highest BCUT2D eigenvalue weighted by atomic mass is 16.2. The lowest BCUT2D eigenvalue weighted by molar-refractivity contribution is 0.118. The van der Waals surface area contributed by atoms with E-state index >= 15 is 0 Å². The molecule has 4 atom stereocenters. The van der Waals surface area contributed by atoms with E-state index in [0.717, 1.165) is 37.3 Å². The van der Waals surface area contributed by atoms with Crippen molar-refractivity contribution in [2.24, 2.45) is 21.8 Å². The number of hydrogen-bond acceptors (Lipinski definition) is 2. The Kier molecular flexibility index (Phi) is 5.01. The number of fused-ring (bicyclic) bond motifs is 2. The molecule has 1 aromatic rings. The molecule has 28 heavy (non-hydrogen) atoms. The molecule has 2 saturated carbocycles. The monoisotopic (exact) mass is 381 g/mol. The summed E-state index contributed by atoms with van der Waals surface area (Å²) in [5.41, 5.74) is 2.92. The topological polar surface area (TPSA) is 44.7 Å². The molecule has 152 valence electrons. The molecule has 2 amide bonds. The molecule has 2 bridgehead atoms. The molecular formula is C24H35N3O. The normalized spacial score (nSPS) is 33.2. The van der Waals surface area contributed by atoms with E-state index in [2.05, 4.69) is 57.3 Å². The van der Waals surface area contributed by atoms with Crippen molar-refractivity contribution in [1.82, 2.24) is 10.3 Å². The highest BCUT2D eigenvalue weighted by Crippen LogP contribution is 2.65. The predicted molar refractivity (Wildman–Crippen MR) is 114 cm³/mol. The number of hydrazone groups is 1. The molecule has 2 unspecified atom stereocenters. The van der Waals surface area contributed by atoms with E-state index in [9.17, 15) is 4.79 Å². The summed E-state index contributed by atoms with van der Waals surface area (Å²) >= 11 is 0. The number of amides is 2. The van der Waals surface area contributed by atoms with E-state index in [1.165, 1.54) is 18.4 Å². The van der Waals surface area contributed by atoms with Gasteiger partial charge in [-0.15, -0.1) is 0 Å². The molecule has 3 aliphatic rings. The number of hydrogen-bond donors (Lipinski definition) is 1. The van der Waals surface area contributed by atoms with Crippen LogP contribution in [0.3, 0.4) is 0 Å². The van der Waals surface area contributed by atoms with Crippen molar-refractivity contribution < 1.29 is 4.79 Å². The Morgan fingerprint density at radius 1 is 1.25 bits per heavy atom. The highest BCUT2D eigenvalue weighted by molar-refractivity contribution is 5.94. The van der Waals surface area contributed by atoms with E-state index in [1.807, 2.05) is 6.07 Å². The SMILES string of the molecule is CCCCC1=NN(C(=O)NC2C[C@H]3CC[C@]2(C)C3(C)C)CC1c1ccccc1. The Balaban J connectivity index is 1.48. The van der Waals surface area contributed by atoms with Gasteiger partial charge in [0.2, 0.25) is 0 Å². The van der Waals surface area contributed by atoms with Crippen LogP contribution in [0.1, 0.15) is 77.7 Å². The molecule has 4 nitrogen and oxygen atoms in total. The van der Waals surface area contributed by atoms with Crippen LogP contribution in [0.4, 0.5) is 4.79 Å². The van der Waals surface area contributed by atoms with Crippen LogP contribution >= 0.6 is 0 Å². The number of nitrogens with zero attached hydrogens (tertiary/aromatic N) is 2. The molecule has 1 aliphatic heterocycles. The Bertz CT molecular complexity index is 756. The lowest BCUT2D eigenvalue weighted by Crippen LogP contribution is -2.50. The van der Waals surface area contributed by atoms with Crippen molar-refractivity contribution in [3.05, 3.63) is 35.9 Å². The largest absolute Gasteiger partial charge is 0.338 e. The van der Waals surface area contributed by atoms with Gasteiger partial charge in [-0.2, -0.15) is 5.10 Å². The van der Waals surface area contributed by atoms with E-state index in [0.29, 0.717) is 12.0 Å². The second-order valence-electron chi connectivity index (χ2n) is 9.85. The quantitative estimate of drug-likeness (QED) is 0.713. The van der Waals surface area contributed by atoms with Crippen LogP contribution in [0, 0.1) is 16.7 Å². The molecule has 0 spiro atoms. The van der Waals surface area contributed by atoms with Crippen molar-refractivity contribution in [2.75, 3.05) is 6.54 Å². The minimum absolute atomic E-state index is 0.0120. The zero-order chi connectivity index (χ0) is 19.9. The van der Waals surface area contributed by atoms with Crippen molar-refractivity contribution in [1.29, 1.82) is 0 Å². The maximum atomic E-state index is 13.1. The number of carbonyl (C=O) groups excluding carboxylic acids is 1. The van der Waals surface area contributed by atoms with Crippen LogP contribution in [0.25, 0.3) is 0 Å². The van der Waals surface area contributed by atoms with Gasteiger partial charge in [-0.05, 0) is 54.4 Å². The van der Waals surface area contributed by atoms with Crippen molar-refractivity contribution in [3.63, 3.8) is 0 Å². The summed E-state index contributed by atoms with van der Waals surface area (Å²) in [5, 5.41) is 9.86. The van der Waals surface area contributed by atoms with Gasteiger partial charge in [-0.1, -0.05) is 64.4 Å². The molecule has 0 saturated heterocycles. The highest BCUT2D eigenvalue weighted by Gasteiger charge is 2.61. The van der Waals surface area contributed by atoms with E-state index < -0.39 is 0 Å². The molecule has 4 rings (SSSR count). The third kappa shape index (κ3) is 3.05. The molecule has 1 aromatic carbocycles. The first-order chi connectivity index (χ1) is 13.4. The number of unbranched alkanes of at least 4 members (excludes halogenated alkanes) is 1. The molecule has 1 N–H and O–H groups in total. The van der Waals surface area contributed by atoms with Gasteiger partial charge in [-0.3, -0.25) is 0 Å². The average molecular weight is 382 g/mol. The van der Waals surface area contributed by atoms with Gasteiger partial charge in [0.05, 0.1) is 6.54 Å². The van der Waals surface area contributed by atoms with Crippen LogP contribution in [0.5, 0.6) is 0 Å². The molecule has 2 aliphatic carbocycles. The first kappa shape index (κ1) is 19.5. The molecule has 1 heterocycles. The molecule has 2 fully saturated rings. The van der Waals surface area contributed by atoms with Gasteiger partial charge >= 0.3 is 6.03 Å². The zero-order valence-corrected chi connectivity index (χ0v) is 17.9. The summed E-state index contributed by atoms with van der Waals surface area (Å²) in [4.78, 5) is 13.1. The number of rotatable bonds is 5. The maximum Gasteiger partial charge on any atom is 0.338 e. The van der Waals surface area contributed by atoms with Crippen LogP contribution < -0.4 is 5.32 Å². The van der Waals surface area contributed by atoms with Crippen molar-refractivity contribution in [3.8, 4) is 0 Å². The smallest absolute Gasteiger partial charge is 0.333 e. The van der Waals surface area contributed by atoms with E-state index in [-0.39, 0.29) is 23.4 Å². The van der Waals surface area contributed by atoms with Crippen molar-refractivity contribution in [2.45, 2.75) is 78.2 Å². The Labute approximate surface area is 169 Å². The third-order valence-corrected chi connectivity index (χ3v) is 8.32. The number of benzene rings is 1. The summed E-state index contributed by atoms with van der Waals surface area (Å²) in [5.74, 6) is 0.951. The van der Waals surface area contributed by atoms with Crippen molar-refractivity contribution >= 4 is 11.7 Å². The first-order valence-electron chi connectivity index (χ1n) is 11.1. The van der Waals surface area contributed by atoms with Gasteiger partial charge in [0.15, 0.2) is 0 Å². The summed E-state index contributed by atoms with van der Waals surface area (Å²) < 4.78 is 0. The Morgan fingerprint density at radius 2 is 2.00 bits per heavy atom. The second-order valence-corrected chi connectivity index (χ2v) is 9.85. The van der Waals surface area contributed by atoms with Crippen LogP contribution in [-0.2, 0) is 0 Å². The molecule has 0 aromatic heterocycles. The Hall–Kier alpha value is -1.84.